The van der Waals surface area contributed by atoms with Crippen LogP contribution in [0.3, 0.4) is 0 Å². The van der Waals surface area contributed by atoms with E-state index in [0.717, 1.165) is 0 Å². The summed E-state index contributed by atoms with van der Waals surface area (Å²) in [5.74, 6) is -1.61. The van der Waals surface area contributed by atoms with Gasteiger partial charge in [0.05, 0.1) is 20.1 Å². The molecule has 0 amide bonds. The van der Waals surface area contributed by atoms with Crippen LogP contribution in [-0.4, -0.2) is 50.1 Å². The van der Waals surface area contributed by atoms with E-state index in [2.05, 4.69) is 4.74 Å². The van der Waals surface area contributed by atoms with Gasteiger partial charge in [-0.2, -0.15) is 0 Å². The number of rotatable bonds is 6. The normalized spacial score (nSPS) is 9.16. The van der Waals surface area contributed by atoms with Gasteiger partial charge in [0, 0.05) is 5.56 Å². The Hall–Kier alpha value is -1.57. The monoisotopic (exact) mass is 258 g/mol. The standard InChI is InChI=1S/C13H14O5.Li.H/c1-3-18-13(16)12(15)8-11(14)9-4-6-10(17-2)7-5-9;;/h4-7H,3,8H2,1-2H3;;. The molecule has 1 aromatic rings. The molecule has 0 unspecified atom stereocenters. The van der Waals surface area contributed by atoms with Crippen molar-refractivity contribution in [2.75, 3.05) is 13.7 Å². The van der Waals surface area contributed by atoms with E-state index < -0.39 is 24.0 Å². The van der Waals surface area contributed by atoms with Crippen molar-refractivity contribution in [3.63, 3.8) is 0 Å². The SMILES string of the molecule is CCOC(=O)C(=O)CC(=O)c1ccc(OC)cc1.[LiH]. The van der Waals surface area contributed by atoms with E-state index in [-0.39, 0.29) is 25.5 Å². The molecule has 0 radical (unpaired) electrons. The Morgan fingerprint density at radius 3 is 2.16 bits per heavy atom. The van der Waals surface area contributed by atoms with Crippen molar-refractivity contribution in [3.8, 4) is 5.75 Å². The van der Waals surface area contributed by atoms with Crippen LogP contribution in [-0.2, 0) is 14.3 Å². The Morgan fingerprint density at radius 1 is 1.11 bits per heavy atom. The van der Waals surface area contributed by atoms with E-state index in [4.69, 9.17) is 4.74 Å². The summed E-state index contributed by atoms with van der Waals surface area (Å²) < 4.78 is 9.46. The zero-order valence-electron chi connectivity index (χ0n) is 10.3. The van der Waals surface area contributed by atoms with E-state index in [1.807, 2.05) is 0 Å². The second-order valence-electron chi connectivity index (χ2n) is 3.47. The molecule has 0 aliphatic heterocycles. The Morgan fingerprint density at radius 2 is 1.68 bits per heavy atom. The maximum atomic E-state index is 11.7. The minimum atomic E-state index is -0.973. The van der Waals surface area contributed by atoms with Crippen LogP contribution in [0.2, 0.25) is 0 Å². The summed E-state index contributed by atoms with van der Waals surface area (Å²) in [6.07, 6.45) is -0.481. The first-order chi connectivity index (χ1) is 8.58. The van der Waals surface area contributed by atoms with Crippen molar-refractivity contribution in [2.45, 2.75) is 13.3 Å². The molecule has 0 saturated carbocycles. The molecule has 1 rings (SSSR count). The average Bonchev–Trinajstić information content (AvgIpc) is 2.39. The van der Waals surface area contributed by atoms with Gasteiger partial charge in [-0.1, -0.05) is 0 Å². The number of benzene rings is 1. The molecule has 0 atom stereocenters. The van der Waals surface area contributed by atoms with Crippen LogP contribution in [0, 0.1) is 0 Å². The first-order valence-electron chi connectivity index (χ1n) is 5.45. The number of carbonyl (C=O) groups is 3. The number of ketones is 2. The topological polar surface area (TPSA) is 69.7 Å². The van der Waals surface area contributed by atoms with Gasteiger partial charge in [0.15, 0.2) is 5.78 Å². The molecule has 0 aliphatic rings. The van der Waals surface area contributed by atoms with Gasteiger partial charge >= 0.3 is 24.8 Å². The van der Waals surface area contributed by atoms with E-state index in [1.54, 1.807) is 31.2 Å². The second kappa shape index (κ2) is 8.52. The van der Waals surface area contributed by atoms with Gasteiger partial charge in [0.2, 0.25) is 5.78 Å². The Balaban J connectivity index is 0.00000324. The zero-order valence-corrected chi connectivity index (χ0v) is 10.3. The van der Waals surface area contributed by atoms with Crippen molar-refractivity contribution in [3.05, 3.63) is 29.8 Å². The number of hydrogen-bond acceptors (Lipinski definition) is 5. The first-order valence-corrected chi connectivity index (χ1v) is 5.45. The van der Waals surface area contributed by atoms with Gasteiger partial charge in [-0.05, 0) is 31.2 Å². The number of hydrogen-bond donors (Lipinski definition) is 0. The Kier molecular flexibility index (Phi) is 7.81. The molecule has 0 aromatic heterocycles. The number of ether oxygens (including phenoxy) is 2. The molecule has 0 fully saturated rings. The minimum absolute atomic E-state index is 0. The third kappa shape index (κ3) is 5.29. The van der Waals surface area contributed by atoms with Gasteiger partial charge < -0.3 is 9.47 Å². The second-order valence-corrected chi connectivity index (χ2v) is 3.47. The fourth-order valence-corrected chi connectivity index (χ4v) is 1.31. The molecule has 19 heavy (non-hydrogen) atoms. The molecule has 0 saturated heterocycles. The molecule has 98 valence electrons. The molecule has 0 aliphatic carbocycles. The van der Waals surface area contributed by atoms with Gasteiger partial charge in [0.25, 0.3) is 0 Å². The Bertz CT molecular complexity index is 453. The van der Waals surface area contributed by atoms with Crippen LogP contribution >= 0.6 is 0 Å². The zero-order chi connectivity index (χ0) is 13.5. The number of methoxy groups -OCH3 is 1. The van der Waals surface area contributed by atoms with E-state index in [0.29, 0.717) is 11.3 Å². The third-order valence-corrected chi connectivity index (χ3v) is 2.24. The summed E-state index contributed by atoms with van der Waals surface area (Å²) in [6.45, 7) is 1.71. The fourth-order valence-electron chi connectivity index (χ4n) is 1.31. The predicted octanol–water partition coefficient (Wildman–Crippen LogP) is 0.752. The summed E-state index contributed by atoms with van der Waals surface area (Å²) >= 11 is 0. The Labute approximate surface area is 123 Å². The summed E-state index contributed by atoms with van der Waals surface area (Å²) in [5.41, 5.74) is 0.355. The summed E-state index contributed by atoms with van der Waals surface area (Å²) in [5, 5.41) is 0. The van der Waals surface area contributed by atoms with Gasteiger partial charge in [-0.15, -0.1) is 0 Å². The third-order valence-electron chi connectivity index (χ3n) is 2.24. The fraction of sp³-hybridized carbons (Fsp3) is 0.308. The average molecular weight is 258 g/mol. The summed E-state index contributed by atoms with van der Waals surface area (Å²) in [6, 6.07) is 6.31. The van der Waals surface area contributed by atoms with Crippen molar-refractivity contribution >= 4 is 36.4 Å². The molecule has 0 N–H and O–H groups in total. The van der Waals surface area contributed by atoms with E-state index >= 15 is 0 Å². The first kappa shape index (κ1) is 17.4. The van der Waals surface area contributed by atoms with Crippen molar-refractivity contribution in [1.82, 2.24) is 0 Å². The van der Waals surface area contributed by atoms with Gasteiger partial charge in [-0.25, -0.2) is 4.79 Å². The van der Waals surface area contributed by atoms with E-state index in [1.165, 1.54) is 7.11 Å². The molecule has 5 nitrogen and oxygen atoms in total. The van der Waals surface area contributed by atoms with E-state index in [9.17, 15) is 14.4 Å². The molecule has 0 heterocycles. The molecule has 1 aromatic carbocycles. The van der Waals surface area contributed by atoms with Crippen LogP contribution in [0.15, 0.2) is 24.3 Å². The van der Waals surface area contributed by atoms with Crippen molar-refractivity contribution < 1.29 is 23.9 Å². The van der Waals surface area contributed by atoms with Crippen LogP contribution < -0.4 is 4.74 Å². The van der Waals surface area contributed by atoms with Gasteiger partial charge in [-0.3, -0.25) is 9.59 Å². The maximum absolute atomic E-state index is 11.7. The molecular formula is C13H15LiO5. The number of carbonyl (C=O) groups excluding carboxylic acids is 3. The van der Waals surface area contributed by atoms with Crippen LogP contribution in [0.5, 0.6) is 5.75 Å². The molecule has 0 bridgehead atoms. The quantitative estimate of drug-likeness (QED) is 0.247. The summed E-state index contributed by atoms with van der Waals surface area (Å²) in [7, 11) is 1.51. The number of esters is 1. The molecule has 6 heteroatoms. The summed E-state index contributed by atoms with van der Waals surface area (Å²) in [4.78, 5) is 34.1. The molecular weight excluding hydrogens is 243 g/mol. The van der Waals surface area contributed by atoms with Crippen molar-refractivity contribution in [1.29, 1.82) is 0 Å². The van der Waals surface area contributed by atoms with Gasteiger partial charge in [0.1, 0.15) is 5.75 Å². The number of Topliss-reactive ketones (excluding diaryl/α,β-unsaturated/α-hetero) is 2. The van der Waals surface area contributed by atoms with Crippen molar-refractivity contribution in [2.24, 2.45) is 0 Å². The predicted molar refractivity (Wildman–Crippen MR) is 70.7 cm³/mol. The van der Waals surface area contributed by atoms with Crippen LogP contribution in [0.4, 0.5) is 0 Å². The van der Waals surface area contributed by atoms with Crippen LogP contribution in [0.25, 0.3) is 0 Å². The molecule has 0 spiro atoms. The van der Waals surface area contributed by atoms with Crippen LogP contribution in [0.1, 0.15) is 23.7 Å².